The zero-order valence-corrected chi connectivity index (χ0v) is 12.6. The molecule has 21 heavy (non-hydrogen) atoms. The lowest BCUT2D eigenvalue weighted by Crippen LogP contribution is -2.43. The first-order chi connectivity index (χ1) is 9.67. The van der Waals surface area contributed by atoms with Gasteiger partial charge in [0.25, 0.3) is 0 Å². The van der Waals surface area contributed by atoms with Gasteiger partial charge >= 0.3 is 6.18 Å². The molecule has 1 aliphatic rings. The van der Waals surface area contributed by atoms with Crippen LogP contribution in [-0.2, 0) is 6.18 Å². The summed E-state index contributed by atoms with van der Waals surface area (Å²) in [5.41, 5.74) is 6.57. The third-order valence-electron chi connectivity index (χ3n) is 4.10. The number of benzene rings is 1. The fraction of sp³-hybridized carbons (Fsp3) is 0.625. The average molecular weight is 300 g/mol. The standard InChI is InChI=1S/C16H23F3N2/c1-15(2)8-3-9-21(11-15)10-14(20)12-4-6-13(7-5-12)16(17,18)19/h4-7,14H,3,8-11,20H2,1-2H3. The SMILES string of the molecule is CC1(C)CCCN(CC(N)c2ccc(C(F)(F)F)cc2)C1. The van der Waals surface area contributed by atoms with Gasteiger partial charge in [-0.2, -0.15) is 13.2 Å². The molecule has 0 radical (unpaired) electrons. The highest BCUT2D eigenvalue weighted by Crippen LogP contribution is 2.31. The van der Waals surface area contributed by atoms with E-state index in [1.165, 1.54) is 18.6 Å². The molecule has 2 rings (SSSR count). The Hall–Kier alpha value is -1.07. The van der Waals surface area contributed by atoms with Crippen LogP contribution >= 0.6 is 0 Å². The lowest BCUT2D eigenvalue weighted by Gasteiger charge is -2.39. The first kappa shape index (κ1) is 16.3. The van der Waals surface area contributed by atoms with Gasteiger partial charge in [0.1, 0.15) is 0 Å². The minimum atomic E-state index is -4.29. The van der Waals surface area contributed by atoms with E-state index in [-0.39, 0.29) is 11.5 Å². The van der Waals surface area contributed by atoms with Gasteiger partial charge in [-0.15, -0.1) is 0 Å². The van der Waals surface area contributed by atoms with E-state index in [2.05, 4.69) is 18.7 Å². The van der Waals surface area contributed by atoms with Crippen molar-refractivity contribution >= 4 is 0 Å². The van der Waals surface area contributed by atoms with E-state index in [0.29, 0.717) is 6.54 Å². The van der Waals surface area contributed by atoms with Crippen LogP contribution in [0.5, 0.6) is 0 Å². The number of hydrogen-bond acceptors (Lipinski definition) is 2. The highest BCUT2D eigenvalue weighted by atomic mass is 19.4. The van der Waals surface area contributed by atoms with E-state index in [1.807, 2.05) is 0 Å². The molecule has 1 unspecified atom stereocenters. The number of alkyl halides is 3. The van der Waals surface area contributed by atoms with Gasteiger partial charge in [-0.3, -0.25) is 0 Å². The van der Waals surface area contributed by atoms with Crippen molar-refractivity contribution in [2.45, 2.75) is 38.9 Å². The molecule has 5 heteroatoms. The number of rotatable bonds is 3. The zero-order valence-electron chi connectivity index (χ0n) is 12.6. The Balaban J connectivity index is 1.98. The van der Waals surface area contributed by atoms with Crippen LogP contribution in [0.3, 0.4) is 0 Å². The quantitative estimate of drug-likeness (QED) is 0.919. The van der Waals surface area contributed by atoms with Gasteiger partial charge in [0.15, 0.2) is 0 Å². The van der Waals surface area contributed by atoms with Gasteiger partial charge < -0.3 is 10.6 Å². The first-order valence-electron chi connectivity index (χ1n) is 7.32. The van der Waals surface area contributed by atoms with Gasteiger partial charge in [-0.1, -0.05) is 26.0 Å². The highest BCUT2D eigenvalue weighted by Gasteiger charge is 2.30. The van der Waals surface area contributed by atoms with E-state index in [9.17, 15) is 13.2 Å². The topological polar surface area (TPSA) is 29.3 Å². The normalized spacial score (nSPS) is 21.2. The van der Waals surface area contributed by atoms with E-state index in [0.717, 1.165) is 37.2 Å². The predicted octanol–water partition coefficient (Wildman–Crippen LogP) is 3.83. The predicted molar refractivity (Wildman–Crippen MR) is 77.8 cm³/mol. The third-order valence-corrected chi connectivity index (χ3v) is 4.10. The molecule has 0 saturated carbocycles. The van der Waals surface area contributed by atoms with Crippen LogP contribution in [-0.4, -0.2) is 24.5 Å². The fourth-order valence-corrected chi connectivity index (χ4v) is 3.00. The van der Waals surface area contributed by atoms with Crippen molar-refractivity contribution < 1.29 is 13.2 Å². The highest BCUT2D eigenvalue weighted by molar-refractivity contribution is 5.26. The smallest absolute Gasteiger partial charge is 0.323 e. The molecule has 0 aliphatic carbocycles. The lowest BCUT2D eigenvalue weighted by atomic mass is 9.84. The van der Waals surface area contributed by atoms with Gasteiger partial charge in [0.2, 0.25) is 0 Å². The van der Waals surface area contributed by atoms with Crippen molar-refractivity contribution in [3.8, 4) is 0 Å². The first-order valence-corrected chi connectivity index (χ1v) is 7.32. The van der Waals surface area contributed by atoms with Crippen molar-refractivity contribution in [2.75, 3.05) is 19.6 Å². The lowest BCUT2D eigenvalue weighted by molar-refractivity contribution is -0.137. The molecule has 1 heterocycles. The molecule has 0 bridgehead atoms. The van der Waals surface area contributed by atoms with Gasteiger partial charge in [0.05, 0.1) is 5.56 Å². The largest absolute Gasteiger partial charge is 0.416 e. The summed E-state index contributed by atoms with van der Waals surface area (Å²) in [5, 5.41) is 0. The maximum Gasteiger partial charge on any atom is 0.416 e. The van der Waals surface area contributed by atoms with Crippen LogP contribution in [0.4, 0.5) is 13.2 Å². The molecule has 2 nitrogen and oxygen atoms in total. The maximum absolute atomic E-state index is 12.5. The van der Waals surface area contributed by atoms with Crippen LogP contribution in [0, 0.1) is 5.41 Å². The number of likely N-dealkylation sites (tertiary alicyclic amines) is 1. The molecular formula is C16H23F3N2. The summed E-state index contributed by atoms with van der Waals surface area (Å²) in [4.78, 5) is 2.31. The number of piperidine rings is 1. The van der Waals surface area contributed by atoms with Gasteiger partial charge in [0, 0.05) is 19.1 Å². The molecule has 0 amide bonds. The minimum absolute atomic E-state index is 0.249. The Morgan fingerprint density at radius 2 is 1.86 bits per heavy atom. The van der Waals surface area contributed by atoms with Crippen molar-refractivity contribution in [3.05, 3.63) is 35.4 Å². The number of nitrogens with two attached hydrogens (primary N) is 1. The van der Waals surface area contributed by atoms with Crippen LogP contribution in [0.1, 0.15) is 43.9 Å². The Kier molecular flexibility index (Phi) is 4.63. The summed E-state index contributed by atoms with van der Waals surface area (Å²) in [6, 6.07) is 4.94. The summed E-state index contributed by atoms with van der Waals surface area (Å²) < 4.78 is 37.6. The van der Waals surface area contributed by atoms with E-state index in [4.69, 9.17) is 5.73 Å². The second-order valence-electron chi connectivity index (χ2n) is 6.73. The molecule has 118 valence electrons. The second-order valence-corrected chi connectivity index (χ2v) is 6.73. The molecule has 1 saturated heterocycles. The maximum atomic E-state index is 12.5. The molecular weight excluding hydrogens is 277 g/mol. The summed E-state index contributed by atoms with van der Waals surface area (Å²) in [7, 11) is 0. The average Bonchev–Trinajstić information content (AvgIpc) is 2.36. The minimum Gasteiger partial charge on any atom is -0.323 e. The zero-order chi connectivity index (χ0) is 15.7. The van der Waals surface area contributed by atoms with E-state index < -0.39 is 11.7 Å². The third kappa shape index (κ3) is 4.45. The summed E-state index contributed by atoms with van der Waals surface area (Å²) in [6.07, 6.45) is -1.94. The van der Waals surface area contributed by atoms with E-state index in [1.54, 1.807) is 0 Å². The second kappa shape index (κ2) is 5.97. The van der Waals surface area contributed by atoms with Crippen LogP contribution < -0.4 is 5.73 Å². The van der Waals surface area contributed by atoms with Gasteiger partial charge in [-0.25, -0.2) is 0 Å². The Bertz CT molecular complexity index is 465. The molecule has 1 fully saturated rings. The molecule has 2 N–H and O–H groups in total. The Morgan fingerprint density at radius 3 is 2.38 bits per heavy atom. The summed E-state index contributed by atoms with van der Waals surface area (Å²) in [6.45, 7) is 7.17. The summed E-state index contributed by atoms with van der Waals surface area (Å²) in [5.74, 6) is 0. The van der Waals surface area contributed by atoms with Crippen LogP contribution in [0.15, 0.2) is 24.3 Å². The molecule has 1 aliphatic heterocycles. The number of nitrogens with zero attached hydrogens (tertiary/aromatic N) is 1. The van der Waals surface area contributed by atoms with Crippen molar-refractivity contribution in [2.24, 2.45) is 11.1 Å². The van der Waals surface area contributed by atoms with Crippen molar-refractivity contribution in [1.29, 1.82) is 0 Å². The van der Waals surface area contributed by atoms with Crippen LogP contribution in [0.25, 0.3) is 0 Å². The van der Waals surface area contributed by atoms with E-state index >= 15 is 0 Å². The fourth-order valence-electron chi connectivity index (χ4n) is 3.00. The monoisotopic (exact) mass is 300 g/mol. The van der Waals surface area contributed by atoms with Crippen molar-refractivity contribution in [1.82, 2.24) is 4.90 Å². The number of halogens is 3. The van der Waals surface area contributed by atoms with Crippen molar-refractivity contribution in [3.63, 3.8) is 0 Å². The van der Waals surface area contributed by atoms with Gasteiger partial charge in [-0.05, 0) is 42.5 Å². The summed E-state index contributed by atoms with van der Waals surface area (Å²) >= 11 is 0. The van der Waals surface area contributed by atoms with Crippen LogP contribution in [0.2, 0.25) is 0 Å². The molecule has 0 aromatic heterocycles. The number of hydrogen-bond donors (Lipinski definition) is 1. The molecule has 0 spiro atoms. The Labute approximate surface area is 124 Å². The molecule has 1 aromatic carbocycles. The molecule has 1 aromatic rings. The molecule has 1 atom stereocenters. The Morgan fingerprint density at radius 1 is 1.24 bits per heavy atom.